The van der Waals surface area contributed by atoms with Gasteiger partial charge in [-0.1, -0.05) is 12.1 Å². The first kappa shape index (κ1) is 15.7. The van der Waals surface area contributed by atoms with Crippen LogP contribution in [0.15, 0.2) is 24.3 Å². The fourth-order valence-corrected chi connectivity index (χ4v) is 2.92. The van der Waals surface area contributed by atoms with Crippen LogP contribution in [-0.2, 0) is 0 Å². The fraction of sp³-hybridized carbons (Fsp3) is 0.588. The third-order valence-corrected chi connectivity index (χ3v) is 3.69. The monoisotopic (exact) mass is 288 g/mol. The van der Waals surface area contributed by atoms with Crippen molar-refractivity contribution in [2.75, 3.05) is 6.61 Å². The van der Waals surface area contributed by atoms with E-state index in [4.69, 9.17) is 9.47 Å². The lowest BCUT2D eigenvalue weighted by Gasteiger charge is -2.25. The molecule has 21 heavy (non-hydrogen) atoms. The molecule has 2 rings (SSSR count). The van der Waals surface area contributed by atoms with E-state index in [-0.39, 0.29) is 6.10 Å². The highest BCUT2D eigenvalue weighted by molar-refractivity contribution is 5.39. The predicted octanol–water partition coefficient (Wildman–Crippen LogP) is 3.28. The van der Waals surface area contributed by atoms with Crippen molar-refractivity contribution in [3.63, 3.8) is 0 Å². The largest absolute Gasteiger partial charge is 0.490 e. The molecule has 0 saturated heterocycles. The Bertz CT molecular complexity index is 510. The first-order valence-electron chi connectivity index (χ1n) is 7.66. The molecule has 1 N–H and O–H groups in total. The van der Waals surface area contributed by atoms with E-state index in [1.54, 1.807) is 0 Å². The summed E-state index contributed by atoms with van der Waals surface area (Å²) in [5.74, 6) is 1.54. The van der Waals surface area contributed by atoms with Crippen molar-refractivity contribution in [2.45, 2.75) is 57.7 Å². The molecule has 0 amide bonds. The van der Waals surface area contributed by atoms with Crippen molar-refractivity contribution in [3.8, 4) is 17.6 Å². The summed E-state index contributed by atoms with van der Waals surface area (Å²) in [6.07, 6.45) is 2.47. The van der Waals surface area contributed by atoms with Crippen LogP contribution in [0.1, 0.15) is 40.0 Å². The maximum atomic E-state index is 9.50. The average molecular weight is 288 g/mol. The van der Waals surface area contributed by atoms with Gasteiger partial charge in [-0.2, -0.15) is 5.26 Å². The highest BCUT2D eigenvalue weighted by Gasteiger charge is 2.41. The Hall–Kier alpha value is -1.73. The van der Waals surface area contributed by atoms with E-state index >= 15 is 0 Å². The molecule has 0 heterocycles. The molecule has 0 bridgehead atoms. The van der Waals surface area contributed by atoms with Gasteiger partial charge in [-0.25, -0.2) is 0 Å². The molecule has 1 saturated carbocycles. The van der Waals surface area contributed by atoms with Crippen LogP contribution in [0.3, 0.4) is 0 Å². The Balaban J connectivity index is 2.04. The number of rotatable bonds is 6. The third kappa shape index (κ3) is 3.89. The summed E-state index contributed by atoms with van der Waals surface area (Å²) in [5, 5.41) is 12.9. The highest BCUT2D eigenvalue weighted by Crippen LogP contribution is 2.35. The molecule has 0 radical (unpaired) electrons. The van der Waals surface area contributed by atoms with Gasteiger partial charge in [0.05, 0.1) is 12.7 Å². The zero-order valence-corrected chi connectivity index (χ0v) is 13.1. The molecule has 0 aromatic heterocycles. The van der Waals surface area contributed by atoms with E-state index in [0.29, 0.717) is 19.1 Å². The predicted molar refractivity (Wildman–Crippen MR) is 82.5 cm³/mol. The summed E-state index contributed by atoms with van der Waals surface area (Å²) >= 11 is 0. The first-order valence-corrected chi connectivity index (χ1v) is 7.66. The van der Waals surface area contributed by atoms with E-state index in [9.17, 15) is 5.26 Å². The summed E-state index contributed by atoms with van der Waals surface area (Å²) in [6.45, 7) is 6.71. The van der Waals surface area contributed by atoms with Crippen molar-refractivity contribution in [1.29, 1.82) is 5.26 Å². The molecule has 4 nitrogen and oxygen atoms in total. The molecule has 4 heteroatoms. The summed E-state index contributed by atoms with van der Waals surface area (Å²) in [5.41, 5.74) is -0.459. The van der Waals surface area contributed by atoms with Crippen LogP contribution in [0.2, 0.25) is 0 Å². The molecular formula is C17H24N2O2. The number of nitrogens with zero attached hydrogens (tertiary/aromatic N) is 1. The summed E-state index contributed by atoms with van der Waals surface area (Å²) in [7, 11) is 0. The Morgan fingerprint density at radius 2 is 2.10 bits per heavy atom. The Kier molecular flexibility index (Phi) is 5.08. The lowest BCUT2D eigenvalue weighted by Crippen LogP contribution is -2.46. The number of benzene rings is 1. The Morgan fingerprint density at radius 1 is 1.38 bits per heavy atom. The Morgan fingerprint density at radius 3 is 2.71 bits per heavy atom. The molecule has 2 unspecified atom stereocenters. The Labute approximate surface area is 127 Å². The number of hydrogen-bond acceptors (Lipinski definition) is 4. The maximum Gasteiger partial charge on any atom is 0.161 e. The molecular weight excluding hydrogens is 264 g/mol. The van der Waals surface area contributed by atoms with E-state index in [0.717, 1.165) is 24.3 Å². The number of ether oxygens (including phenoxy) is 2. The second-order valence-electron chi connectivity index (χ2n) is 5.86. The number of hydrogen-bond donors (Lipinski definition) is 1. The minimum atomic E-state index is -0.459. The minimum Gasteiger partial charge on any atom is -0.490 e. The fourth-order valence-electron chi connectivity index (χ4n) is 2.92. The van der Waals surface area contributed by atoms with Crippen LogP contribution >= 0.6 is 0 Å². The molecule has 1 aliphatic rings. The van der Waals surface area contributed by atoms with Crippen molar-refractivity contribution in [2.24, 2.45) is 0 Å². The smallest absolute Gasteiger partial charge is 0.161 e. The summed E-state index contributed by atoms with van der Waals surface area (Å²) in [6, 6.07) is 10.4. The van der Waals surface area contributed by atoms with Gasteiger partial charge in [0.1, 0.15) is 11.6 Å². The minimum absolute atomic E-state index is 0.0532. The average Bonchev–Trinajstić information content (AvgIpc) is 2.84. The van der Waals surface area contributed by atoms with Crippen LogP contribution < -0.4 is 14.8 Å². The van der Waals surface area contributed by atoms with Crippen LogP contribution in [-0.4, -0.2) is 24.3 Å². The molecule has 1 aromatic carbocycles. The van der Waals surface area contributed by atoms with E-state index in [2.05, 4.69) is 25.2 Å². The van der Waals surface area contributed by atoms with Gasteiger partial charge < -0.3 is 9.47 Å². The van der Waals surface area contributed by atoms with E-state index < -0.39 is 5.54 Å². The van der Waals surface area contributed by atoms with Gasteiger partial charge >= 0.3 is 0 Å². The highest BCUT2D eigenvalue weighted by atomic mass is 16.5. The third-order valence-electron chi connectivity index (χ3n) is 3.69. The quantitative estimate of drug-likeness (QED) is 0.873. The van der Waals surface area contributed by atoms with Gasteiger partial charge in [0.25, 0.3) is 0 Å². The zero-order valence-electron chi connectivity index (χ0n) is 13.1. The van der Waals surface area contributed by atoms with Crippen molar-refractivity contribution in [1.82, 2.24) is 5.32 Å². The second kappa shape index (κ2) is 6.82. The standard InChI is InChI=1S/C17H24N2O2/c1-4-20-15-7-5-6-8-16(15)21-14-9-10-17(11-14,12-18)19-13(2)3/h5-8,13-14,19H,4,9-11H2,1-3H3. The van der Waals surface area contributed by atoms with Gasteiger partial charge in [0.15, 0.2) is 11.5 Å². The van der Waals surface area contributed by atoms with Gasteiger partial charge in [-0.3, -0.25) is 5.32 Å². The van der Waals surface area contributed by atoms with Crippen molar-refractivity contribution >= 4 is 0 Å². The molecule has 114 valence electrons. The van der Waals surface area contributed by atoms with Crippen molar-refractivity contribution < 1.29 is 9.47 Å². The molecule has 0 aliphatic heterocycles. The lowest BCUT2D eigenvalue weighted by molar-refractivity contribution is 0.188. The summed E-state index contributed by atoms with van der Waals surface area (Å²) < 4.78 is 11.7. The van der Waals surface area contributed by atoms with Crippen molar-refractivity contribution in [3.05, 3.63) is 24.3 Å². The zero-order chi connectivity index (χ0) is 15.3. The topological polar surface area (TPSA) is 54.3 Å². The number of para-hydroxylation sites is 2. The van der Waals surface area contributed by atoms with Crippen LogP contribution in [0.4, 0.5) is 0 Å². The normalized spacial score (nSPS) is 24.8. The van der Waals surface area contributed by atoms with Gasteiger partial charge in [-0.05, 0) is 45.7 Å². The number of nitriles is 1. The lowest BCUT2D eigenvalue weighted by atomic mass is 9.98. The SMILES string of the molecule is CCOc1ccccc1OC1CCC(C#N)(NC(C)C)C1. The molecule has 2 atom stereocenters. The molecule has 1 fully saturated rings. The van der Waals surface area contributed by atoms with Crippen LogP contribution in [0, 0.1) is 11.3 Å². The summed E-state index contributed by atoms with van der Waals surface area (Å²) in [4.78, 5) is 0. The van der Waals surface area contributed by atoms with E-state index in [1.165, 1.54) is 0 Å². The van der Waals surface area contributed by atoms with Gasteiger partial charge in [-0.15, -0.1) is 0 Å². The van der Waals surface area contributed by atoms with Gasteiger partial charge in [0.2, 0.25) is 0 Å². The molecule has 1 aromatic rings. The van der Waals surface area contributed by atoms with Crippen LogP contribution in [0.25, 0.3) is 0 Å². The maximum absolute atomic E-state index is 9.50. The van der Waals surface area contributed by atoms with E-state index in [1.807, 2.05) is 31.2 Å². The molecule has 1 aliphatic carbocycles. The van der Waals surface area contributed by atoms with Crippen LogP contribution in [0.5, 0.6) is 11.5 Å². The molecule has 0 spiro atoms. The van der Waals surface area contributed by atoms with Gasteiger partial charge in [0, 0.05) is 12.5 Å². The second-order valence-corrected chi connectivity index (χ2v) is 5.86. The number of nitrogens with one attached hydrogen (secondary N) is 1. The first-order chi connectivity index (χ1) is 10.1.